The first-order valence-corrected chi connectivity index (χ1v) is 5.59. The van der Waals surface area contributed by atoms with E-state index >= 15 is 0 Å². The van der Waals surface area contributed by atoms with Crippen molar-refractivity contribution < 1.29 is 18.3 Å². The normalized spacial score (nSPS) is 16.2. The molecule has 0 radical (unpaired) electrons. The number of rotatable bonds is 5. The number of aliphatic carboxylic acids is 1. The molecule has 0 heterocycles. The summed E-state index contributed by atoms with van der Waals surface area (Å²) in [5.74, 6) is -2.16. The van der Waals surface area contributed by atoms with E-state index in [-0.39, 0.29) is 5.75 Å². The van der Waals surface area contributed by atoms with E-state index in [2.05, 4.69) is 6.58 Å². The van der Waals surface area contributed by atoms with Crippen molar-refractivity contribution in [2.75, 3.05) is 5.75 Å². The summed E-state index contributed by atoms with van der Waals surface area (Å²) in [7, 11) is -3.35. The Morgan fingerprint density at radius 3 is 2.31 bits per heavy atom. The molecule has 1 N–H and O–H groups in total. The lowest BCUT2D eigenvalue weighted by atomic mass is 10.1. The molecule has 0 saturated heterocycles. The summed E-state index contributed by atoms with van der Waals surface area (Å²) >= 11 is 0. The Hall–Kier alpha value is -0.840. The van der Waals surface area contributed by atoms with Crippen LogP contribution in [0.4, 0.5) is 0 Å². The Kier molecular flexibility index (Phi) is 4.13. The summed E-state index contributed by atoms with van der Waals surface area (Å²) in [6.45, 7) is 6.09. The largest absolute Gasteiger partial charge is 0.481 e. The Morgan fingerprint density at radius 2 is 2.00 bits per heavy atom. The second kappa shape index (κ2) is 4.41. The number of carbonyl (C=O) groups is 1. The quantitative estimate of drug-likeness (QED) is 0.672. The second-order valence-electron chi connectivity index (χ2n) is 2.95. The fourth-order valence-corrected chi connectivity index (χ4v) is 2.20. The molecule has 0 aromatic carbocycles. The minimum Gasteiger partial charge on any atom is -0.481 e. The third-order valence-corrected chi connectivity index (χ3v) is 4.25. The predicted molar refractivity (Wildman–Crippen MR) is 50.2 cm³/mol. The highest BCUT2D eigenvalue weighted by atomic mass is 32.2. The Balaban J connectivity index is 4.68. The zero-order valence-electron chi connectivity index (χ0n) is 7.73. The van der Waals surface area contributed by atoms with Gasteiger partial charge < -0.3 is 5.11 Å². The third kappa shape index (κ3) is 3.18. The van der Waals surface area contributed by atoms with Crippen LogP contribution in [0.2, 0.25) is 0 Å². The lowest BCUT2D eigenvalue weighted by Gasteiger charge is -2.15. The zero-order chi connectivity index (χ0) is 10.6. The van der Waals surface area contributed by atoms with Gasteiger partial charge >= 0.3 is 5.97 Å². The highest BCUT2D eigenvalue weighted by molar-refractivity contribution is 7.92. The van der Waals surface area contributed by atoms with E-state index in [4.69, 9.17) is 5.11 Å². The average molecular weight is 206 g/mol. The standard InChI is InChI=1S/C8H14O4S/c1-4-5-13(11,12)7(3)6(2)8(9)10/h4,6-7H,1,5H2,2-3H3,(H,9,10)/t6-,7-/m0/s1. The molecule has 0 unspecified atom stereocenters. The van der Waals surface area contributed by atoms with E-state index in [0.717, 1.165) is 0 Å². The van der Waals surface area contributed by atoms with Crippen molar-refractivity contribution in [1.82, 2.24) is 0 Å². The SMILES string of the molecule is C=CCS(=O)(=O)[C@@H](C)[C@H](C)C(=O)O. The van der Waals surface area contributed by atoms with Crippen LogP contribution in [0.3, 0.4) is 0 Å². The molecule has 76 valence electrons. The fraction of sp³-hybridized carbons (Fsp3) is 0.625. The van der Waals surface area contributed by atoms with E-state index in [9.17, 15) is 13.2 Å². The van der Waals surface area contributed by atoms with E-state index in [1.807, 2.05) is 0 Å². The topological polar surface area (TPSA) is 71.4 Å². The van der Waals surface area contributed by atoms with Crippen molar-refractivity contribution in [3.63, 3.8) is 0 Å². The molecule has 0 spiro atoms. The first kappa shape index (κ1) is 12.2. The zero-order valence-corrected chi connectivity index (χ0v) is 8.54. The first-order valence-electron chi connectivity index (χ1n) is 3.88. The summed E-state index contributed by atoms with van der Waals surface area (Å²) < 4.78 is 22.7. The van der Waals surface area contributed by atoms with Gasteiger partial charge in [0, 0.05) is 0 Å². The summed E-state index contributed by atoms with van der Waals surface area (Å²) in [5, 5.41) is 7.72. The molecule has 0 amide bonds. The van der Waals surface area contributed by atoms with Crippen molar-refractivity contribution in [3.05, 3.63) is 12.7 Å². The van der Waals surface area contributed by atoms with Gasteiger partial charge in [0.05, 0.1) is 16.9 Å². The maximum atomic E-state index is 11.3. The lowest BCUT2D eigenvalue weighted by molar-refractivity contribution is -0.141. The van der Waals surface area contributed by atoms with Gasteiger partial charge in [0.1, 0.15) is 0 Å². The lowest BCUT2D eigenvalue weighted by Crippen LogP contribution is -2.31. The van der Waals surface area contributed by atoms with Gasteiger partial charge in [-0.3, -0.25) is 4.79 Å². The number of carboxylic acid groups (broad SMARTS) is 1. The maximum Gasteiger partial charge on any atom is 0.307 e. The molecule has 0 aliphatic rings. The maximum absolute atomic E-state index is 11.3. The highest BCUT2D eigenvalue weighted by Crippen LogP contribution is 2.13. The van der Waals surface area contributed by atoms with Crippen LogP contribution in [0.5, 0.6) is 0 Å². The fourth-order valence-electron chi connectivity index (χ4n) is 0.828. The molecule has 0 rings (SSSR count). The van der Waals surface area contributed by atoms with Gasteiger partial charge in [0.15, 0.2) is 9.84 Å². The second-order valence-corrected chi connectivity index (χ2v) is 5.35. The summed E-state index contributed by atoms with van der Waals surface area (Å²) in [6.07, 6.45) is 1.26. The molecule has 0 fully saturated rings. The smallest absolute Gasteiger partial charge is 0.307 e. The van der Waals surface area contributed by atoms with Gasteiger partial charge in [0.2, 0.25) is 0 Å². The van der Waals surface area contributed by atoms with Crippen molar-refractivity contribution in [3.8, 4) is 0 Å². The van der Waals surface area contributed by atoms with Gasteiger partial charge in [-0.2, -0.15) is 0 Å². The van der Waals surface area contributed by atoms with Crippen LogP contribution in [0, 0.1) is 5.92 Å². The van der Waals surface area contributed by atoms with Crippen LogP contribution in [0.15, 0.2) is 12.7 Å². The molecular weight excluding hydrogens is 192 g/mol. The number of hydrogen-bond donors (Lipinski definition) is 1. The molecule has 0 aromatic rings. The van der Waals surface area contributed by atoms with E-state index < -0.39 is 27.0 Å². The monoisotopic (exact) mass is 206 g/mol. The van der Waals surface area contributed by atoms with Crippen molar-refractivity contribution >= 4 is 15.8 Å². The van der Waals surface area contributed by atoms with Crippen LogP contribution in [-0.4, -0.2) is 30.5 Å². The summed E-state index contributed by atoms with van der Waals surface area (Å²) in [6, 6.07) is 0. The van der Waals surface area contributed by atoms with Gasteiger partial charge in [-0.1, -0.05) is 13.0 Å². The molecule has 0 aliphatic heterocycles. The molecule has 2 atom stereocenters. The Bertz CT molecular complexity index is 291. The van der Waals surface area contributed by atoms with Crippen LogP contribution < -0.4 is 0 Å². The van der Waals surface area contributed by atoms with Crippen molar-refractivity contribution in [2.24, 2.45) is 5.92 Å². The molecule has 4 nitrogen and oxygen atoms in total. The van der Waals surface area contributed by atoms with Gasteiger partial charge in [0.25, 0.3) is 0 Å². The van der Waals surface area contributed by atoms with Crippen LogP contribution in [0.1, 0.15) is 13.8 Å². The van der Waals surface area contributed by atoms with Crippen LogP contribution in [-0.2, 0) is 14.6 Å². The number of hydrogen-bond acceptors (Lipinski definition) is 3. The van der Waals surface area contributed by atoms with Crippen LogP contribution in [0.25, 0.3) is 0 Å². The Morgan fingerprint density at radius 1 is 1.54 bits per heavy atom. The molecule has 0 aliphatic carbocycles. The summed E-state index contributed by atoms with van der Waals surface area (Å²) in [4.78, 5) is 10.5. The van der Waals surface area contributed by atoms with Crippen LogP contribution >= 0.6 is 0 Å². The molecular formula is C8H14O4S. The van der Waals surface area contributed by atoms with Gasteiger partial charge in [-0.05, 0) is 6.92 Å². The molecule has 0 bridgehead atoms. The van der Waals surface area contributed by atoms with E-state index in [1.54, 1.807) is 0 Å². The van der Waals surface area contributed by atoms with Crippen molar-refractivity contribution in [1.29, 1.82) is 0 Å². The number of sulfone groups is 1. The third-order valence-electron chi connectivity index (χ3n) is 2.01. The molecule has 5 heteroatoms. The summed E-state index contributed by atoms with van der Waals surface area (Å²) in [5.41, 5.74) is 0. The molecule has 0 saturated carbocycles. The van der Waals surface area contributed by atoms with Crippen molar-refractivity contribution in [2.45, 2.75) is 19.1 Å². The first-order chi connectivity index (χ1) is 5.83. The van der Waals surface area contributed by atoms with Gasteiger partial charge in [-0.15, -0.1) is 6.58 Å². The van der Waals surface area contributed by atoms with Gasteiger partial charge in [-0.25, -0.2) is 8.42 Å². The van der Waals surface area contributed by atoms with E-state index in [1.165, 1.54) is 19.9 Å². The Labute approximate surface area is 78.2 Å². The predicted octanol–water partition coefficient (Wildman–Crippen LogP) is 0.696. The molecule has 13 heavy (non-hydrogen) atoms. The molecule has 0 aromatic heterocycles. The average Bonchev–Trinajstić information content (AvgIpc) is 2.01. The minimum absolute atomic E-state index is 0.175. The highest BCUT2D eigenvalue weighted by Gasteiger charge is 2.29. The number of carboxylic acids is 1. The minimum atomic E-state index is -3.35. The van der Waals surface area contributed by atoms with E-state index in [0.29, 0.717) is 0 Å².